The van der Waals surface area contributed by atoms with Gasteiger partial charge in [-0.1, -0.05) is 6.42 Å². The summed E-state index contributed by atoms with van der Waals surface area (Å²) in [5, 5.41) is 4.97. The zero-order chi connectivity index (χ0) is 11.8. The molecule has 1 amide bonds. The molecule has 92 valence electrons. The average molecular weight is 236 g/mol. The van der Waals surface area contributed by atoms with Crippen LogP contribution in [0.5, 0.6) is 0 Å². The number of rotatable bonds is 2. The van der Waals surface area contributed by atoms with Gasteiger partial charge in [0.1, 0.15) is 6.54 Å². The lowest BCUT2D eigenvalue weighted by Crippen LogP contribution is -2.46. The molecule has 1 saturated heterocycles. The number of carbonyl (C=O) groups is 1. The first kappa shape index (κ1) is 11.7. The van der Waals surface area contributed by atoms with Crippen molar-refractivity contribution in [2.24, 2.45) is 11.8 Å². The minimum atomic E-state index is -4.33. The van der Waals surface area contributed by atoms with Gasteiger partial charge < -0.3 is 10.6 Å². The summed E-state index contributed by atoms with van der Waals surface area (Å²) in [5.74, 6) is 0.196. The highest BCUT2D eigenvalue weighted by atomic mass is 19.4. The van der Waals surface area contributed by atoms with Crippen molar-refractivity contribution >= 4 is 5.91 Å². The number of alkyl halides is 3. The van der Waals surface area contributed by atoms with Crippen molar-refractivity contribution in [1.29, 1.82) is 0 Å². The van der Waals surface area contributed by atoms with Crippen molar-refractivity contribution in [2.75, 3.05) is 13.1 Å². The normalized spacial score (nSPS) is 33.8. The van der Waals surface area contributed by atoms with Gasteiger partial charge in [0.05, 0.1) is 6.04 Å². The van der Waals surface area contributed by atoms with Crippen LogP contribution in [0.3, 0.4) is 0 Å². The molecule has 6 heteroatoms. The number of hydrogen-bond acceptors (Lipinski definition) is 2. The van der Waals surface area contributed by atoms with Gasteiger partial charge in [-0.05, 0) is 31.2 Å². The third kappa shape index (κ3) is 2.48. The Morgan fingerprint density at radius 1 is 1.38 bits per heavy atom. The van der Waals surface area contributed by atoms with Crippen LogP contribution in [0.25, 0.3) is 0 Å². The Hall–Kier alpha value is -0.780. The van der Waals surface area contributed by atoms with Crippen molar-refractivity contribution in [3.8, 4) is 0 Å². The molecule has 0 aromatic heterocycles. The fourth-order valence-corrected chi connectivity index (χ4v) is 2.77. The van der Waals surface area contributed by atoms with Gasteiger partial charge in [-0.3, -0.25) is 4.79 Å². The van der Waals surface area contributed by atoms with E-state index in [1.165, 1.54) is 0 Å². The highest BCUT2D eigenvalue weighted by Gasteiger charge is 2.43. The molecule has 1 saturated carbocycles. The minimum absolute atomic E-state index is 0.230. The zero-order valence-electron chi connectivity index (χ0n) is 8.81. The predicted octanol–water partition coefficient (Wildman–Crippen LogP) is 1.05. The number of halogens is 3. The molecule has 3 unspecified atom stereocenters. The Morgan fingerprint density at radius 3 is 2.81 bits per heavy atom. The van der Waals surface area contributed by atoms with E-state index in [4.69, 9.17) is 0 Å². The largest absolute Gasteiger partial charge is 0.405 e. The van der Waals surface area contributed by atoms with Gasteiger partial charge in [-0.15, -0.1) is 0 Å². The van der Waals surface area contributed by atoms with Gasteiger partial charge in [0, 0.05) is 0 Å². The Bertz CT molecular complexity index is 280. The molecule has 0 aromatic rings. The van der Waals surface area contributed by atoms with Gasteiger partial charge in [0.15, 0.2) is 0 Å². The van der Waals surface area contributed by atoms with Gasteiger partial charge >= 0.3 is 6.18 Å². The Labute approximate surface area is 91.8 Å². The summed E-state index contributed by atoms with van der Waals surface area (Å²) in [6.07, 6.45) is -1.22. The molecule has 0 spiro atoms. The fraction of sp³-hybridized carbons (Fsp3) is 0.900. The van der Waals surface area contributed by atoms with Gasteiger partial charge in [-0.2, -0.15) is 13.2 Å². The topological polar surface area (TPSA) is 41.1 Å². The van der Waals surface area contributed by atoms with E-state index in [1.54, 1.807) is 0 Å². The van der Waals surface area contributed by atoms with Crippen LogP contribution in [0.4, 0.5) is 13.2 Å². The summed E-state index contributed by atoms with van der Waals surface area (Å²) in [6, 6.07) is -0.421. The summed E-state index contributed by atoms with van der Waals surface area (Å²) in [7, 11) is 0. The molecule has 3 nitrogen and oxygen atoms in total. The van der Waals surface area contributed by atoms with Crippen molar-refractivity contribution in [3.63, 3.8) is 0 Å². The Balaban J connectivity index is 1.86. The number of fused-ring (bicyclic) bond motifs is 1. The van der Waals surface area contributed by atoms with Crippen LogP contribution in [0, 0.1) is 11.8 Å². The maximum Gasteiger partial charge on any atom is 0.405 e. The van der Waals surface area contributed by atoms with E-state index in [0.29, 0.717) is 5.92 Å². The summed E-state index contributed by atoms with van der Waals surface area (Å²) in [6.45, 7) is -0.476. The van der Waals surface area contributed by atoms with Crippen LogP contribution in [0.1, 0.15) is 19.3 Å². The van der Waals surface area contributed by atoms with E-state index in [-0.39, 0.29) is 5.92 Å². The lowest BCUT2D eigenvalue weighted by atomic mass is 9.94. The second-order valence-electron chi connectivity index (χ2n) is 4.57. The van der Waals surface area contributed by atoms with E-state index in [9.17, 15) is 18.0 Å². The minimum Gasteiger partial charge on any atom is -0.346 e. The maximum atomic E-state index is 11.9. The molecule has 0 radical (unpaired) electrons. The number of nitrogens with one attached hydrogen (secondary N) is 2. The summed E-state index contributed by atoms with van der Waals surface area (Å²) < 4.78 is 35.8. The van der Waals surface area contributed by atoms with Crippen LogP contribution in [-0.4, -0.2) is 31.2 Å². The SMILES string of the molecule is O=C(NCC(F)(F)F)C1NCC2CCCC21. The molecule has 1 aliphatic heterocycles. The smallest absolute Gasteiger partial charge is 0.346 e. The second kappa shape index (κ2) is 4.24. The average Bonchev–Trinajstić information content (AvgIpc) is 2.73. The van der Waals surface area contributed by atoms with Crippen LogP contribution < -0.4 is 10.6 Å². The zero-order valence-corrected chi connectivity index (χ0v) is 8.81. The third-order valence-electron chi connectivity index (χ3n) is 3.49. The van der Waals surface area contributed by atoms with Crippen molar-refractivity contribution < 1.29 is 18.0 Å². The summed E-state index contributed by atoms with van der Waals surface area (Å²) in [5.41, 5.74) is 0. The molecule has 2 rings (SSSR count). The summed E-state index contributed by atoms with van der Waals surface area (Å²) >= 11 is 0. The molecule has 1 aliphatic carbocycles. The highest BCUT2D eigenvalue weighted by molar-refractivity contribution is 5.82. The van der Waals surface area contributed by atoms with Crippen LogP contribution in [0.15, 0.2) is 0 Å². The molecule has 1 heterocycles. The summed E-state index contributed by atoms with van der Waals surface area (Å²) in [4.78, 5) is 11.6. The van der Waals surface area contributed by atoms with E-state index in [1.807, 2.05) is 5.32 Å². The first-order valence-corrected chi connectivity index (χ1v) is 5.55. The number of carbonyl (C=O) groups excluding carboxylic acids is 1. The lowest BCUT2D eigenvalue weighted by Gasteiger charge is -2.18. The van der Waals surface area contributed by atoms with Crippen LogP contribution >= 0.6 is 0 Å². The monoisotopic (exact) mass is 236 g/mol. The van der Waals surface area contributed by atoms with Gasteiger partial charge in [0.25, 0.3) is 0 Å². The Morgan fingerprint density at radius 2 is 2.12 bits per heavy atom. The lowest BCUT2D eigenvalue weighted by molar-refractivity contribution is -0.140. The second-order valence-corrected chi connectivity index (χ2v) is 4.57. The first-order chi connectivity index (χ1) is 7.47. The van der Waals surface area contributed by atoms with E-state index in [0.717, 1.165) is 25.8 Å². The Kier molecular flexibility index (Phi) is 3.10. The van der Waals surface area contributed by atoms with Crippen LogP contribution in [0.2, 0.25) is 0 Å². The highest BCUT2D eigenvalue weighted by Crippen LogP contribution is 2.37. The molecular formula is C10H15F3N2O. The number of amides is 1. The molecule has 0 aromatic carbocycles. The molecular weight excluding hydrogens is 221 g/mol. The molecule has 2 aliphatic rings. The van der Waals surface area contributed by atoms with Crippen LogP contribution in [-0.2, 0) is 4.79 Å². The third-order valence-corrected chi connectivity index (χ3v) is 3.49. The van der Waals surface area contributed by atoms with Crippen molar-refractivity contribution in [3.05, 3.63) is 0 Å². The molecule has 0 bridgehead atoms. The van der Waals surface area contributed by atoms with E-state index < -0.39 is 24.7 Å². The quantitative estimate of drug-likeness (QED) is 0.752. The van der Waals surface area contributed by atoms with Gasteiger partial charge in [0.2, 0.25) is 5.91 Å². The molecule has 3 atom stereocenters. The molecule has 2 N–H and O–H groups in total. The predicted molar refractivity (Wildman–Crippen MR) is 51.7 cm³/mol. The van der Waals surface area contributed by atoms with E-state index in [2.05, 4.69) is 5.32 Å². The standard InChI is InChI=1S/C10H15F3N2O/c11-10(12,13)5-15-9(16)8-7-3-1-2-6(7)4-14-8/h6-8,14H,1-5H2,(H,15,16). The molecule has 16 heavy (non-hydrogen) atoms. The van der Waals surface area contributed by atoms with Crippen molar-refractivity contribution in [1.82, 2.24) is 10.6 Å². The number of hydrogen-bond donors (Lipinski definition) is 2. The van der Waals surface area contributed by atoms with E-state index >= 15 is 0 Å². The van der Waals surface area contributed by atoms with Gasteiger partial charge in [-0.25, -0.2) is 0 Å². The van der Waals surface area contributed by atoms with Crippen molar-refractivity contribution in [2.45, 2.75) is 31.5 Å². The first-order valence-electron chi connectivity index (χ1n) is 5.55. The molecule has 2 fully saturated rings. The maximum absolute atomic E-state index is 11.9. The fourth-order valence-electron chi connectivity index (χ4n) is 2.77.